The normalized spacial score (nSPS) is 16.9. The summed E-state index contributed by atoms with van der Waals surface area (Å²) in [5.74, 6) is 1.16. The molecule has 1 saturated heterocycles. The summed E-state index contributed by atoms with van der Waals surface area (Å²) in [6.45, 7) is 3.83. The molecular formula is C24H30BN3O. The molecule has 1 fully saturated rings. The Hall–Kier alpha value is -2.37. The molecule has 4 rings (SSSR count). The van der Waals surface area contributed by atoms with Gasteiger partial charge in [0.15, 0.2) is 7.98 Å². The third kappa shape index (κ3) is 4.46. The maximum absolute atomic E-state index is 12.8. The highest BCUT2D eigenvalue weighted by atomic mass is 16.1. The van der Waals surface area contributed by atoms with Gasteiger partial charge in [0.2, 0.25) is 0 Å². The molecule has 1 aromatic heterocycles. The van der Waals surface area contributed by atoms with Crippen LogP contribution in [0, 0.1) is 5.92 Å². The number of rotatable bonds is 6. The number of hydrogen-bond acceptors (Lipinski definition) is 3. The summed E-state index contributed by atoms with van der Waals surface area (Å²) in [7, 11) is 4.07. The Morgan fingerprint density at radius 2 is 1.76 bits per heavy atom. The number of para-hydroxylation sites is 1. The zero-order valence-corrected chi connectivity index (χ0v) is 17.5. The summed E-state index contributed by atoms with van der Waals surface area (Å²) < 4.78 is 1.76. The van der Waals surface area contributed by atoms with Crippen LogP contribution in [-0.2, 0) is 13.6 Å². The average Bonchev–Trinajstić information content (AvgIpc) is 2.76. The van der Waals surface area contributed by atoms with Crippen molar-refractivity contribution in [1.82, 2.24) is 14.7 Å². The third-order valence-corrected chi connectivity index (χ3v) is 6.45. The van der Waals surface area contributed by atoms with E-state index < -0.39 is 0 Å². The van der Waals surface area contributed by atoms with Crippen LogP contribution in [0.1, 0.15) is 29.9 Å². The lowest BCUT2D eigenvalue weighted by Gasteiger charge is -2.35. The molecule has 2 aromatic carbocycles. The van der Waals surface area contributed by atoms with E-state index in [9.17, 15) is 4.79 Å². The van der Waals surface area contributed by atoms with Gasteiger partial charge in [-0.1, -0.05) is 48.5 Å². The highest BCUT2D eigenvalue weighted by Gasteiger charge is 2.26. The minimum absolute atomic E-state index is 0.0896. The van der Waals surface area contributed by atoms with Crippen LogP contribution in [0.3, 0.4) is 0 Å². The predicted molar refractivity (Wildman–Crippen MR) is 123 cm³/mol. The molecule has 1 N–H and O–H groups in total. The first kappa shape index (κ1) is 19.9. The molecule has 0 saturated carbocycles. The Kier molecular flexibility index (Phi) is 6.17. The number of nitrogens with zero attached hydrogens (tertiary/aromatic N) is 2. The summed E-state index contributed by atoms with van der Waals surface area (Å²) in [6, 6.07) is 21.0. The van der Waals surface area contributed by atoms with Crippen molar-refractivity contribution in [2.75, 3.05) is 19.6 Å². The lowest BCUT2D eigenvalue weighted by atomic mass is 9.79. The topological polar surface area (TPSA) is 37.3 Å². The number of benzene rings is 2. The summed E-state index contributed by atoms with van der Waals surface area (Å²) in [5.41, 5.74) is 3.31. The Labute approximate surface area is 174 Å². The molecule has 150 valence electrons. The van der Waals surface area contributed by atoms with Crippen molar-refractivity contribution < 1.29 is 0 Å². The van der Waals surface area contributed by atoms with E-state index in [2.05, 4.69) is 54.5 Å². The number of fused-ring (bicyclic) bond motifs is 1. The van der Waals surface area contributed by atoms with E-state index in [1.807, 2.05) is 31.3 Å². The van der Waals surface area contributed by atoms with Crippen molar-refractivity contribution in [3.8, 4) is 0 Å². The molecule has 5 heteroatoms. The highest BCUT2D eigenvalue weighted by Crippen LogP contribution is 2.32. The fourth-order valence-electron chi connectivity index (χ4n) is 4.67. The van der Waals surface area contributed by atoms with E-state index in [1.165, 1.54) is 31.5 Å². The van der Waals surface area contributed by atoms with Crippen LogP contribution in [-0.4, -0.2) is 37.0 Å². The van der Waals surface area contributed by atoms with E-state index in [-0.39, 0.29) is 5.56 Å². The van der Waals surface area contributed by atoms with Gasteiger partial charge in [0.25, 0.3) is 5.56 Å². The number of nitrogens with one attached hydrogen (secondary N) is 1. The van der Waals surface area contributed by atoms with E-state index in [4.69, 9.17) is 0 Å². The first-order valence-electron chi connectivity index (χ1n) is 10.7. The summed E-state index contributed by atoms with van der Waals surface area (Å²) in [4.78, 5) is 15.2. The van der Waals surface area contributed by atoms with Gasteiger partial charge in [-0.15, -0.1) is 0 Å². The van der Waals surface area contributed by atoms with Crippen LogP contribution in [0.25, 0.3) is 10.9 Å². The van der Waals surface area contributed by atoms with E-state index in [0.717, 1.165) is 23.0 Å². The second-order valence-corrected chi connectivity index (χ2v) is 8.38. The lowest BCUT2D eigenvalue weighted by molar-refractivity contribution is 0.245. The van der Waals surface area contributed by atoms with Gasteiger partial charge < -0.3 is 14.7 Å². The van der Waals surface area contributed by atoms with Gasteiger partial charge in [-0.2, -0.15) is 0 Å². The number of piperidine rings is 1. The van der Waals surface area contributed by atoms with Gasteiger partial charge >= 0.3 is 0 Å². The van der Waals surface area contributed by atoms with Crippen LogP contribution >= 0.6 is 0 Å². The van der Waals surface area contributed by atoms with E-state index in [1.54, 1.807) is 4.57 Å². The SMILES string of the molecule is BN1CCC(C(CNCc2cc3ccccc3n(C)c2=O)c2ccccc2)CC1. The first-order valence-corrected chi connectivity index (χ1v) is 10.7. The molecule has 1 unspecified atom stereocenters. The van der Waals surface area contributed by atoms with Gasteiger partial charge in [-0.05, 0) is 60.8 Å². The molecular weight excluding hydrogens is 357 g/mol. The second kappa shape index (κ2) is 8.97. The van der Waals surface area contributed by atoms with Crippen LogP contribution in [0.2, 0.25) is 0 Å². The molecule has 2 heterocycles. The Morgan fingerprint density at radius 1 is 1.07 bits per heavy atom. The monoisotopic (exact) mass is 387 g/mol. The maximum Gasteiger partial charge on any atom is 0.255 e. The van der Waals surface area contributed by atoms with Gasteiger partial charge in [0.05, 0.1) is 5.52 Å². The number of aromatic nitrogens is 1. The van der Waals surface area contributed by atoms with Gasteiger partial charge in [-0.25, -0.2) is 0 Å². The Balaban J connectivity index is 1.50. The van der Waals surface area contributed by atoms with Crippen LogP contribution < -0.4 is 10.9 Å². The molecule has 0 bridgehead atoms. The van der Waals surface area contributed by atoms with Crippen molar-refractivity contribution in [3.05, 3.63) is 82.1 Å². The summed E-state index contributed by atoms with van der Waals surface area (Å²) in [6.07, 6.45) is 2.46. The Morgan fingerprint density at radius 3 is 2.52 bits per heavy atom. The van der Waals surface area contributed by atoms with E-state index in [0.29, 0.717) is 18.4 Å². The zero-order chi connectivity index (χ0) is 20.2. The number of aryl methyl sites for hydroxylation is 1. The predicted octanol–water partition coefficient (Wildman–Crippen LogP) is 2.67. The van der Waals surface area contributed by atoms with Gasteiger partial charge in [0, 0.05) is 25.7 Å². The third-order valence-electron chi connectivity index (χ3n) is 6.45. The molecule has 0 radical (unpaired) electrons. The van der Waals surface area contributed by atoms with Crippen molar-refractivity contribution >= 4 is 18.9 Å². The van der Waals surface area contributed by atoms with Crippen LogP contribution in [0.5, 0.6) is 0 Å². The molecule has 0 aliphatic carbocycles. The largest absolute Gasteiger partial charge is 0.349 e. The molecule has 1 aliphatic rings. The van der Waals surface area contributed by atoms with Gasteiger partial charge in [0.1, 0.15) is 0 Å². The maximum atomic E-state index is 12.8. The fraction of sp³-hybridized carbons (Fsp3) is 0.375. The van der Waals surface area contributed by atoms with E-state index >= 15 is 0 Å². The van der Waals surface area contributed by atoms with Crippen molar-refractivity contribution in [1.29, 1.82) is 0 Å². The standard InChI is InChI=1S/C24H30BN3O/c1-27-23-10-6-5-9-20(23)15-21(24(27)29)16-26-17-22(18-7-3-2-4-8-18)19-11-13-28(25)14-12-19/h2-10,15,19,22,26H,11-14,16-17,25H2,1H3. The van der Waals surface area contributed by atoms with Crippen molar-refractivity contribution in [2.24, 2.45) is 13.0 Å². The smallest absolute Gasteiger partial charge is 0.255 e. The highest BCUT2D eigenvalue weighted by molar-refractivity contribution is 6.04. The molecule has 1 aliphatic heterocycles. The zero-order valence-electron chi connectivity index (χ0n) is 17.5. The summed E-state index contributed by atoms with van der Waals surface area (Å²) in [5, 5.41) is 4.73. The molecule has 3 aromatic rings. The van der Waals surface area contributed by atoms with Crippen LogP contribution in [0.15, 0.2) is 65.5 Å². The first-order chi connectivity index (χ1) is 14.1. The van der Waals surface area contributed by atoms with Crippen molar-refractivity contribution in [2.45, 2.75) is 25.3 Å². The number of hydrogen-bond donors (Lipinski definition) is 1. The minimum Gasteiger partial charge on any atom is -0.349 e. The average molecular weight is 387 g/mol. The van der Waals surface area contributed by atoms with Gasteiger partial charge in [-0.3, -0.25) is 4.79 Å². The Bertz CT molecular complexity index is 1010. The molecule has 4 nitrogen and oxygen atoms in total. The second-order valence-electron chi connectivity index (χ2n) is 8.38. The lowest BCUT2D eigenvalue weighted by Crippen LogP contribution is -2.37. The molecule has 1 atom stereocenters. The molecule has 0 spiro atoms. The quantitative estimate of drug-likeness (QED) is 0.661. The van der Waals surface area contributed by atoms with Crippen LogP contribution in [0.4, 0.5) is 0 Å². The van der Waals surface area contributed by atoms with Crippen molar-refractivity contribution in [3.63, 3.8) is 0 Å². The fourth-order valence-corrected chi connectivity index (χ4v) is 4.67. The summed E-state index contributed by atoms with van der Waals surface area (Å²) >= 11 is 0. The minimum atomic E-state index is 0.0896. The molecule has 29 heavy (non-hydrogen) atoms. The number of pyridine rings is 1. The molecule has 0 amide bonds.